The van der Waals surface area contributed by atoms with E-state index in [1.807, 2.05) is 17.1 Å². The number of ether oxygens (including phenoxy) is 1. The minimum Gasteiger partial charge on any atom is -0.486 e. The Morgan fingerprint density at radius 3 is 2.65 bits per heavy atom. The Balaban J connectivity index is 1.58. The molecule has 5 rings (SSSR count). The number of benzene rings is 2. The smallest absolute Gasteiger partial charge is 0.291 e. The maximum atomic E-state index is 13.8. The summed E-state index contributed by atoms with van der Waals surface area (Å²) in [5.41, 5.74) is 3.09. The number of rotatable bonds is 3. The van der Waals surface area contributed by atoms with Gasteiger partial charge in [-0.2, -0.15) is 5.10 Å². The Bertz CT molecular complexity index is 1160. The number of aromatic amines is 1. The predicted molar refractivity (Wildman–Crippen MR) is 122 cm³/mol. The van der Waals surface area contributed by atoms with Crippen LogP contribution in [0, 0.1) is 0 Å². The maximum absolute atomic E-state index is 13.8. The summed E-state index contributed by atoms with van der Waals surface area (Å²) in [7, 11) is 0. The molecule has 1 fully saturated rings. The molecule has 3 heterocycles. The van der Waals surface area contributed by atoms with Crippen LogP contribution in [-0.4, -0.2) is 34.2 Å². The standard InChI is InChI=1S/C22H19Cl3N4O2/c23-13-7-8-18(17(25)11-13)29(28-9-2-1-3-10-28)22(30)20-15-12-31-21-14(19(15)26-27-20)5-4-6-16(21)24/h4-8,11H,1-3,9-10,12H2,(H,26,27). The lowest BCUT2D eigenvalue weighted by atomic mass is 10.0. The van der Waals surface area contributed by atoms with E-state index in [1.54, 1.807) is 29.3 Å². The summed E-state index contributed by atoms with van der Waals surface area (Å²) < 4.78 is 5.88. The van der Waals surface area contributed by atoms with Crippen LogP contribution < -0.4 is 9.75 Å². The number of hydrazine groups is 1. The van der Waals surface area contributed by atoms with Crippen LogP contribution in [0.3, 0.4) is 0 Å². The zero-order valence-corrected chi connectivity index (χ0v) is 18.8. The fourth-order valence-electron chi connectivity index (χ4n) is 4.12. The van der Waals surface area contributed by atoms with Gasteiger partial charge in [-0.25, -0.2) is 10.0 Å². The van der Waals surface area contributed by atoms with Gasteiger partial charge in [-0.3, -0.25) is 9.89 Å². The molecule has 1 N–H and O–H groups in total. The Morgan fingerprint density at radius 1 is 1.06 bits per heavy atom. The van der Waals surface area contributed by atoms with Crippen molar-refractivity contribution in [1.82, 2.24) is 15.2 Å². The largest absolute Gasteiger partial charge is 0.486 e. The number of amides is 1. The number of piperidine rings is 1. The number of halogens is 3. The van der Waals surface area contributed by atoms with Gasteiger partial charge in [0.05, 0.1) is 15.7 Å². The monoisotopic (exact) mass is 476 g/mol. The number of aromatic nitrogens is 2. The average Bonchev–Trinajstić information content (AvgIpc) is 3.21. The summed E-state index contributed by atoms with van der Waals surface area (Å²) in [6, 6.07) is 10.6. The van der Waals surface area contributed by atoms with Gasteiger partial charge in [0.25, 0.3) is 5.91 Å². The van der Waals surface area contributed by atoms with Crippen molar-refractivity contribution < 1.29 is 9.53 Å². The van der Waals surface area contributed by atoms with Crippen molar-refractivity contribution in [2.24, 2.45) is 0 Å². The molecule has 1 saturated heterocycles. The number of H-pyrrole nitrogens is 1. The highest BCUT2D eigenvalue weighted by molar-refractivity contribution is 6.37. The highest BCUT2D eigenvalue weighted by atomic mass is 35.5. The quantitative estimate of drug-likeness (QED) is 0.504. The van der Waals surface area contributed by atoms with E-state index in [4.69, 9.17) is 39.5 Å². The van der Waals surface area contributed by atoms with Crippen molar-refractivity contribution in [1.29, 1.82) is 0 Å². The Kier molecular flexibility index (Phi) is 5.56. The molecule has 0 unspecified atom stereocenters. The van der Waals surface area contributed by atoms with Crippen LogP contribution in [0.1, 0.15) is 35.3 Å². The Morgan fingerprint density at radius 2 is 1.87 bits per heavy atom. The minimum absolute atomic E-state index is 0.200. The first-order valence-corrected chi connectivity index (χ1v) is 11.2. The minimum atomic E-state index is -0.242. The molecule has 0 atom stereocenters. The Hall–Kier alpha value is -2.25. The van der Waals surface area contributed by atoms with Crippen molar-refractivity contribution >= 4 is 46.4 Å². The van der Waals surface area contributed by atoms with Gasteiger partial charge in [0.15, 0.2) is 0 Å². The number of carbonyl (C=O) groups excluding carboxylic acids is 1. The van der Waals surface area contributed by atoms with E-state index in [-0.39, 0.29) is 12.5 Å². The van der Waals surface area contributed by atoms with E-state index in [0.29, 0.717) is 43.5 Å². The fraction of sp³-hybridized carbons (Fsp3) is 0.273. The molecule has 31 heavy (non-hydrogen) atoms. The molecule has 1 aromatic heterocycles. The van der Waals surface area contributed by atoms with Crippen LogP contribution in [-0.2, 0) is 6.61 Å². The van der Waals surface area contributed by atoms with Gasteiger partial charge in [0, 0.05) is 29.2 Å². The lowest BCUT2D eigenvalue weighted by molar-refractivity contribution is 0.0865. The zero-order chi connectivity index (χ0) is 21.5. The van der Waals surface area contributed by atoms with E-state index in [0.717, 1.165) is 37.9 Å². The maximum Gasteiger partial charge on any atom is 0.291 e. The van der Waals surface area contributed by atoms with Gasteiger partial charge < -0.3 is 4.74 Å². The molecule has 160 valence electrons. The van der Waals surface area contributed by atoms with Gasteiger partial charge in [-0.1, -0.05) is 47.3 Å². The normalized spacial score (nSPS) is 15.7. The molecular formula is C22H19Cl3N4O2. The predicted octanol–water partition coefficient (Wildman–Crippen LogP) is 5.98. The second-order valence-electron chi connectivity index (χ2n) is 7.56. The third-order valence-corrected chi connectivity index (χ3v) is 6.44. The lowest BCUT2D eigenvalue weighted by Crippen LogP contribution is -2.49. The summed E-state index contributed by atoms with van der Waals surface area (Å²) in [6.45, 7) is 1.72. The van der Waals surface area contributed by atoms with Crippen LogP contribution in [0.2, 0.25) is 15.1 Å². The second-order valence-corrected chi connectivity index (χ2v) is 8.81. The third-order valence-electron chi connectivity index (χ3n) is 5.61. The third kappa shape index (κ3) is 3.68. The first-order valence-electron chi connectivity index (χ1n) is 10.1. The number of carbonyl (C=O) groups is 1. The molecule has 9 heteroatoms. The van der Waals surface area contributed by atoms with Crippen molar-refractivity contribution in [2.75, 3.05) is 18.1 Å². The topological polar surface area (TPSA) is 61.5 Å². The van der Waals surface area contributed by atoms with E-state index < -0.39 is 0 Å². The van der Waals surface area contributed by atoms with Crippen LogP contribution in [0.25, 0.3) is 11.3 Å². The molecule has 2 aliphatic heterocycles. The molecule has 1 amide bonds. The summed E-state index contributed by atoms with van der Waals surface area (Å²) in [5, 5.41) is 12.5. The van der Waals surface area contributed by atoms with Gasteiger partial charge in [0.2, 0.25) is 0 Å². The van der Waals surface area contributed by atoms with E-state index in [9.17, 15) is 4.79 Å². The van der Waals surface area contributed by atoms with E-state index in [2.05, 4.69) is 10.2 Å². The first-order chi connectivity index (χ1) is 15.0. The number of fused-ring (bicyclic) bond motifs is 3. The van der Waals surface area contributed by atoms with E-state index in [1.165, 1.54) is 0 Å². The highest BCUT2D eigenvalue weighted by Crippen LogP contribution is 2.42. The van der Waals surface area contributed by atoms with Crippen LogP contribution in [0.5, 0.6) is 5.75 Å². The fourth-order valence-corrected chi connectivity index (χ4v) is 4.84. The van der Waals surface area contributed by atoms with Gasteiger partial charge in [-0.15, -0.1) is 0 Å². The van der Waals surface area contributed by atoms with Gasteiger partial charge in [0.1, 0.15) is 23.7 Å². The average molecular weight is 478 g/mol. The molecule has 0 radical (unpaired) electrons. The van der Waals surface area contributed by atoms with E-state index >= 15 is 0 Å². The van der Waals surface area contributed by atoms with Crippen molar-refractivity contribution in [3.63, 3.8) is 0 Å². The van der Waals surface area contributed by atoms with Gasteiger partial charge in [-0.05, 0) is 43.2 Å². The number of hydrogen-bond acceptors (Lipinski definition) is 4. The van der Waals surface area contributed by atoms with Crippen molar-refractivity contribution in [3.05, 3.63) is 62.7 Å². The van der Waals surface area contributed by atoms with Crippen LogP contribution >= 0.6 is 34.8 Å². The molecule has 3 aromatic rings. The van der Waals surface area contributed by atoms with Crippen molar-refractivity contribution in [2.45, 2.75) is 25.9 Å². The summed E-state index contributed by atoms with van der Waals surface area (Å²) in [4.78, 5) is 13.8. The van der Waals surface area contributed by atoms with Gasteiger partial charge >= 0.3 is 0 Å². The highest BCUT2D eigenvalue weighted by Gasteiger charge is 2.33. The number of anilines is 1. The summed E-state index contributed by atoms with van der Waals surface area (Å²) >= 11 is 18.9. The molecule has 0 spiro atoms. The lowest BCUT2D eigenvalue weighted by Gasteiger charge is -2.37. The number of para-hydroxylation sites is 1. The molecule has 2 aliphatic rings. The second kappa shape index (κ2) is 8.36. The number of hydrogen-bond donors (Lipinski definition) is 1. The first kappa shape index (κ1) is 20.6. The summed E-state index contributed by atoms with van der Waals surface area (Å²) in [5.74, 6) is 0.338. The molecule has 6 nitrogen and oxygen atoms in total. The molecule has 0 saturated carbocycles. The number of nitrogens with one attached hydrogen (secondary N) is 1. The number of nitrogens with zero attached hydrogens (tertiary/aromatic N) is 3. The zero-order valence-electron chi connectivity index (χ0n) is 16.5. The molecular weight excluding hydrogens is 459 g/mol. The molecule has 2 aromatic carbocycles. The van der Waals surface area contributed by atoms with Crippen LogP contribution in [0.15, 0.2) is 36.4 Å². The molecule has 0 aliphatic carbocycles. The Labute approximate surface area is 194 Å². The molecule has 0 bridgehead atoms. The van der Waals surface area contributed by atoms with Crippen molar-refractivity contribution in [3.8, 4) is 17.0 Å². The summed E-state index contributed by atoms with van der Waals surface area (Å²) in [6.07, 6.45) is 3.15. The SMILES string of the molecule is O=C(c1[nH]nc2c1COc1c(Cl)cccc1-2)N(c1ccc(Cl)cc1Cl)N1CCCCC1. The van der Waals surface area contributed by atoms with Crippen LogP contribution in [0.4, 0.5) is 5.69 Å².